The van der Waals surface area contributed by atoms with Gasteiger partial charge < -0.3 is 14.7 Å². The summed E-state index contributed by atoms with van der Waals surface area (Å²) in [5, 5.41) is 22.2. The summed E-state index contributed by atoms with van der Waals surface area (Å²) in [7, 11) is -1.95. The molecule has 0 unspecified atom stereocenters. The first-order valence-corrected chi connectivity index (χ1v) is 10.6. The maximum atomic E-state index is 9.46. The normalized spacial score (nSPS) is 11.1. The first kappa shape index (κ1) is 22.0. The summed E-state index contributed by atoms with van der Waals surface area (Å²) in [5.74, 6) is 0.329. The monoisotopic (exact) mass is 430 g/mol. The third kappa shape index (κ3) is 4.56. The summed E-state index contributed by atoms with van der Waals surface area (Å²) in [4.78, 5) is 0. The Balaban J connectivity index is 2.23. The van der Waals surface area contributed by atoms with Gasteiger partial charge in [0, 0.05) is 17.5 Å². The molecule has 3 rings (SSSR count). The van der Waals surface area contributed by atoms with E-state index in [1.54, 1.807) is 6.92 Å². The predicted octanol–water partition coefficient (Wildman–Crippen LogP) is 6.05. The van der Waals surface area contributed by atoms with E-state index >= 15 is 0 Å². The number of rotatable bonds is 7. The van der Waals surface area contributed by atoms with Gasteiger partial charge in [-0.15, -0.1) is 0 Å². The van der Waals surface area contributed by atoms with Crippen LogP contribution in [0.15, 0.2) is 36.4 Å². The highest BCUT2D eigenvalue weighted by atomic mass is 35.5. The second-order valence-electron chi connectivity index (χ2n) is 7.33. The van der Waals surface area contributed by atoms with E-state index in [0.29, 0.717) is 33.3 Å². The maximum absolute atomic E-state index is 9.46. The molecule has 3 aromatic carbocycles. The molecule has 0 radical (unpaired) electrons. The Hall–Kier alpha value is -1.72. The molecule has 0 aliphatic rings. The van der Waals surface area contributed by atoms with Crippen molar-refractivity contribution in [3.8, 4) is 5.75 Å². The van der Waals surface area contributed by atoms with E-state index in [2.05, 4.69) is 31.2 Å². The van der Waals surface area contributed by atoms with Gasteiger partial charge in [-0.25, -0.2) is 0 Å². The van der Waals surface area contributed by atoms with E-state index in [9.17, 15) is 10.0 Å². The fourth-order valence-corrected chi connectivity index (χ4v) is 4.30. The molecule has 3 nitrogen and oxygen atoms in total. The van der Waals surface area contributed by atoms with Crippen LogP contribution in [0.2, 0.25) is 10.0 Å². The van der Waals surface area contributed by atoms with Crippen LogP contribution in [0, 0.1) is 13.8 Å². The van der Waals surface area contributed by atoms with Crippen molar-refractivity contribution in [1.29, 1.82) is 0 Å². The number of hydrogen-bond acceptors (Lipinski definition) is 3. The van der Waals surface area contributed by atoms with Gasteiger partial charge in [-0.3, -0.25) is 0 Å². The number of benzene rings is 3. The molecule has 0 aliphatic carbocycles. The summed E-state index contributed by atoms with van der Waals surface area (Å²) in [6.45, 7) is 5.84. The van der Waals surface area contributed by atoms with Crippen molar-refractivity contribution < 1.29 is 14.7 Å². The molecule has 3 aromatic rings. The quantitative estimate of drug-likeness (QED) is 0.449. The molecule has 0 amide bonds. The number of fused-ring (bicyclic) bond motifs is 1. The maximum Gasteiger partial charge on any atom is 0.707 e. The summed E-state index contributed by atoms with van der Waals surface area (Å²) in [6, 6.07) is 12.6. The second-order valence-corrected chi connectivity index (χ2v) is 8.09. The Bertz CT molecular complexity index is 1030. The molecule has 0 heterocycles. The zero-order valence-electron chi connectivity index (χ0n) is 16.9. The SMILES string of the molecule is CCCCc1ccc2ccccc2c1Cc1c(Cl)c(C)c(Cl)c(C)c1OB(O)O. The van der Waals surface area contributed by atoms with E-state index < -0.39 is 7.32 Å². The van der Waals surface area contributed by atoms with Crippen molar-refractivity contribution in [2.75, 3.05) is 0 Å². The molecule has 6 heteroatoms. The van der Waals surface area contributed by atoms with E-state index in [1.165, 1.54) is 11.1 Å². The van der Waals surface area contributed by atoms with Crippen molar-refractivity contribution in [3.05, 3.63) is 74.3 Å². The molecular weight excluding hydrogens is 406 g/mol. The van der Waals surface area contributed by atoms with Crippen molar-refractivity contribution in [2.45, 2.75) is 46.5 Å². The number of unbranched alkanes of at least 4 members (excludes halogenated alkanes) is 1. The average molecular weight is 431 g/mol. The van der Waals surface area contributed by atoms with Gasteiger partial charge in [0.2, 0.25) is 0 Å². The van der Waals surface area contributed by atoms with Gasteiger partial charge in [0.1, 0.15) is 5.75 Å². The highest BCUT2D eigenvalue weighted by molar-refractivity contribution is 6.38. The highest BCUT2D eigenvalue weighted by Gasteiger charge is 2.24. The van der Waals surface area contributed by atoms with Crippen LogP contribution in [0.3, 0.4) is 0 Å². The Kier molecular flexibility index (Phi) is 7.12. The van der Waals surface area contributed by atoms with Gasteiger partial charge in [0.25, 0.3) is 0 Å². The molecule has 0 saturated heterocycles. The predicted molar refractivity (Wildman–Crippen MR) is 122 cm³/mol. The number of halogens is 2. The standard InChI is InChI=1S/C23H25BCl2O3/c1-4-5-8-17-12-11-16-9-6-7-10-18(16)19(17)13-20-22(26)14(2)21(25)15(3)23(20)29-24(27)28/h6-7,9-12,27-28H,4-5,8,13H2,1-3H3. The van der Waals surface area contributed by atoms with Crippen LogP contribution in [0.25, 0.3) is 10.8 Å². The first-order valence-electron chi connectivity index (χ1n) is 9.84. The van der Waals surface area contributed by atoms with Crippen LogP contribution in [0.1, 0.15) is 47.6 Å². The molecule has 0 saturated carbocycles. The van der Waals surface area contributed by atoms with Crippen LogP contribution < -0.4 is 4.65 Å². The smallest absolute Gasteiger partial charge is 0.511 e. The van der Waals surface area contributed by atoms with Crippen LogP contribution in [-0.2, 0) is 12.8 Å². The van der Waals surface area contributed by atoms with Crippen LogP contribution >= 0.6 is 23.2 Å². The Morgan fingerprint density at radius 1 is 0.931 bits per heavy atom. The minimum absolute atomic E-state index is 0.329. The van der Waals surface area contributed by atoms with Gasteiger partial charge in [-0.1, -0.05) is 72.9 Å². The molecule has 0 spiro atoms. The summed E-state index contributed by atoms with van der Waals surface area (Å²) < 4.78 is 5.34. The lowest BCUT2D eigenvalue weighted by molar-refractivity contribution is 0.286. The third-order valence-electron chi connectivity index (χ3n) is 5.38. The summed E-state index contributed by atoms with van der Waals surface area (Å²) in [6.07, 6.45) is 3.69. The number of hydrogen-bond donors (Lipinski definition) is 2. The summed E-state index contributed by atoms with van der Waals surface area (Å²) >= 11 is 13.1. The molecule has 29 heavy (non-hydrogen) atoms. The second kappa shape index (κ2) is 9.40. The zero-order chi connectivity index (χ0) is 21.1. The van der Waals surface area contributed by atoms with Crippen LogP contribution in [0.5, 0.6) is 5.75 Å². The Labute approximate surface area is 182 Å². The number of aryl methyl sites for hydroxylation is 1. The minimum Gasteiger partial charge on any atom is -0.511 e. The molecule has 0 aliphatic heterocycles. The highest BCUT2D eigenvalue weighted by Crippen LogP contribution is 2.41. The first-order chi connectivity index (χ1) is 13.8. The Morgan fingerprint density at radius 3 is 2.34 bits per heavy atom. The van der Waals surface area contributed by atoms with Crippen molar-refractivity contribution >= 4 is 41.3 Å². The van der Waals surface area contributed by atoms with E-state index in [1.807, 2.05) is 19.1 Å². The lowest BCUT2D eigenvalue weighted by Gasteiger charge is -2.21. The minimum atomic E-state index is -1.95. The van der Waals surface area contributed by atoms with Gasteiger partial charge in [0.05, 0.1) is 10.0 Å². The average Bonchev–Trinajstić information content (AvgIpc) is 2.71. The fourth-order valence-electron chi connectivity index (χ4n) is 3.82. The topological polar surface area (TPSA) is 49.7 Å². The van der Waals surface area contributed by atoms with Crippen molar-refractivity contribution in [2.24, 2.45) is 0 Å². The largest absolute Gasteiger partial charge is 0.707 e. The fraction of sp³-hybridized carbons (Fsp3) is 0.304. The zero-order valence-corrected chi connectivity index (χ0v) is 18.4. The molecule has 0 atom stereocenters. The van der Waals surface area contributed by atoms with Gasteiger partial charge in [0.15, 0.2) is 0 Å². The van der Waals surface area contributed by atoms with Crippen LogP contribution in [-0.4, -0.2) is 17.4 Å². The van der Waals surface area contributed by atoms with Gasteiger partial charge in [-0.2, -0.15) is 0 Å². The van der Waals surface area contributed by atoms with E-state index in [0.717, 1.165) is 35.6 Å². The Morgan fingerprint density at radius 2 is 1.66 bits per heavy atom. The van der Waals surface area contributed by atoms with E-state index in [4.69, 9.17) is 27.9 Å². The van der Waals surface area contributed by atoms with Crippen LogP contribution in [0.4, 0.5) is 0 Å². The van der Waals surface area contributed by atoms with Gasteiger partial charge >= 0.3 is 7.32 Å². The lowest BCUT2D eigenvalue weighted by Crippen LogP contribution is -2.22. The lowest BCUT2D eigenvalue weighted by atomic mass is 9.89. The molecule has 152 valence electrons. The van der Waals surface area contributed by atoms with Gasteiger partial charge in [-0.05, 0) is 54.2 Å². The molecule has 0 fully saturated rings. The molecule has 0 bridgehead atoms. The third-order valence-corrected chi connectivity index (χ3v) is 6.46. The van der Waals surface area contributed by atoms with Crippen molar-refractivity contribution in [3.63, 3.8) is 0 Å². The van der Waals surface area contributed by atoms with E-state index in [-0.39, 0.29) is 0 Å². The molecule has 0 aromatic heterocycles. The molecular formula is C23H25BCl2O3. The van der Waals surface area contributed by atoms with Crippen molar-refractivity contribution in [1.82, 2.24) is 0 Å². The summed E-state index contributed by atoms with van der Waals surface area (Å²) in [5.41, 5.74) is 4.57. The molecule has 2 N–H and O–H groups in total.